The van der Waals surface area contributed by atoms with Gasteiger partial charge in [-0.05, 0) is 49.2 Å². The van der Waals surface area contributed by atoms with Crippen molar-refractivity contribution in [2.75, 3.05) is 20.8 Å². The summed E-state index contributed by atoms with van der Waals surface area (Å²) in [5.74, 6) is 1.16. The fourth-order valence-electron chi connectivity index (χ4n) is 2.20. The Hall–Kier alpha value is -2.60. The predicted octanol–water partition coefficient (Wildman–Crippen LogP) is 3.34. The minimum atomic E-state index is -0.168. The summed E-state index contributed by atoms with van der Waals surface area (Å²) < 4.78 is 10.4. The monoisotopic (exact) mass is 359 g/mol. The van der Waals surface area contributed by atoms with Gasteiger partial charge in [0.25, 0.3) is 0 Å². The number of nitrogens with one attached hydrogen (secondary N) is 1. The number of amides is 1. The lowest BCUT2D eigenvalue weighted by molar-refractivity contribution is -0.116. The molecule has 1 amide bonds. The Labute approximate surface area is 151 Å². The van der Waals surface area contributed by atoms with E-state index >= 15 is 0 Å². The molecule has 0 radical (unpaired) electrons. The van der Waals surface area contributed by atoms with Crippen LogP contribution >= 0.6 is 11.3 Å². The fourth-order valence-corrected chi connectivity index (χ4v) is 3.10. The molecular weight excluding hydrogens is 338 g/mol. The van der Waals surface area contributed by atoms with Crippen LogP contribution in [0.2, 0.25) is 0 Å². The van der Waals surface area contributed by atoms with E-state index in [4.69, 9.17) is 9.47 Å². The lowest BCUT2D eigenvalue weighted by Crippen LogP contribution is -2.23. The largest absolute Gasteiger partial charge is 0.493 e. The predicted molar refractivity (Wildman–Crippen MR) is 99.6 cm³/mol. The highest BCUT2D eigenvalue weighted by atomic mass is 32.1. The average molecular weight is 359 g/mol. The smallest absolute Gasteiger partial charge is 0.244 e. The van der Waals surface area contributed by atoms with Crippen molar-refractivity contribution in [2.24, 2.45) is 0 Å². The zero-order valence-electron chi connectivity index (χ0n) is 14.5. The molecule has 0 unspecified atom stereocenters. The molecule has 0 bridgehead atoms. The number of hydrogen-bond donors (Lipinski definition) is 1. The number of hydrogen-bond acceptors (Lipinski definition) is 5. The highest BCUT2D eigenvalue weighted by Gasteiger charge is 2.05. The first-order chi connectivity index (χ1) is 12.0. The van der Waals surface area contributed by atoms with Crippen molar-refractivity contribution in [1.29, 1.82) is 0 Å². The van der Waals surface area contributed by atoms with Gasteiger partial charge < -0.3 is 14.8 Å². The summed E-state index contributed by atoms with van der Waals surface area (Å²) in [6.45, 7) is 2.07. The summed E-state index contributed by atoms with van der Waals surface area (Å²) >= 11 is 1.47. The lowest BCUT2D eigenvalue weighted by atomic mass is 10.2. The maximum Gasteiger partial charge on any atom is 0.244 e. The summed E-state index contributed by atoms with van der Waals surface area (Å²) in [7, 11) is 3.15. The third-order valence-electron chi connectivity index (χ3n) is 3.51. The van der Waals surface area contributed by atoms with E-state index in [1.165, 1.54) is 17.4 Å². The molecule has 6 heteroatoms. The Morgan fingerprint density at radius 2 is 1.88 bits per heavy atom. The van der Waals surface area contributed by atoms with Crippen molar-refractivity contribution < 1.29 is 19.1 Å². The SMILES string of the molecule is COc1ccc(C=CC(=O)NCCc2ccc(C(C)=O)s2)cc1OC. The van der Waals surface area contributed by atoms with Gasteiger partial charge in [-0.15, -0.1) is 11.3 Å². The van der Waals surface area contributed by atoms with Crippen molar-refractivity contribution in [1.82, 2.24) is 5.32 Å². The van der Waals surface area contributed by atoms with Crippen LogP contribution in [-0.2, 0) is 11.2 Å². The van der Waals surface area contributed by atoms with Crippen LogP contribution < -0.4 is 14.8 Å². The Bertz CT molecular complexity index is 779. The molecule has 1 aromatic heterocycles. The number of methoxy groups -OCH3 is 2. The van der Waals surface area contributed by atoms with E-state index in [2.05, 4.69) is 5.32 Å². The molecule has 0 aliphatic carbocycles. The van der Waals surface area contributed by atoms with Crippen molar-refractivity contribution in [2.45, 2.75) is 13.3 Å². The Morgan fingerprint density at radius 1 is 1.12 bits per heavy atom. The number of carbonyl (C=O) groups excluding carboxylic acids is 2. The molecule has 5 nitrogen and oxygen atoms in total. The van der Waals surface area contributed by atoms with Crippen molar-refractivity contribution >= 4 is 29.1 Å². The highest BCUT2D eigenvalue weighted by Crippen LogP contribution is 2.27. The fraction of sp³-hybridized carbons (Fsp3) is 0.263. The van der Waals surface area contributed by atoms with E-state index in [1.807, 2.05) is 18.2 Å². The van der Waals surface area contributed by atoms with Crippen LogP contribution in [0.15, 0.2) is 36.4 Å². The Balaban J connectivity index is 1.85. The average Bonchev–Trinajstić information content (AvgIpc) is 3.09. The van der Waals surface area contributed by atoms with Gasteiger partial charge in [0.05, 0.1) is 19.1 Å². The summed E-state index contributed by atoms with van der Waals surface area (Å²) in [5.41, 5.74) is 0.845. The van der Waals surface area contributed by atoms with Crippen LogP contribution in [-0.4, -0.2) is 32.5 Å². The molecule has 0 saturated heterocycles. The Kier molecular flexibility index (Phi) is 6.77. The van der Waals surface area contributed by atoms with Gasteiger partial charge in [-0.1, -0.05) is 6.07 Å². The molecule has 0 aliphatic rings. The van der Waals surface area contributed by atoms with Crippen molar-refractivity contribution in [3.63, 3.8) is 0 Å². The number of benzene rings is 1. The maximum atomic E-state index is 11.9. The summed E-state index contributed by atoms with van der Waals surface area (Å²) in [6.07, 6.45) is 3.90. The molecular formula is C19H21NO4S. The van der Waals surface area contributed by atoms with Crippen LogP contribution in [0.5, 0.6) is 11.5 Å². The van der Waals surface area contributed by atoms with E-state index in [0.29, 0.717) is 24.5 Å². The number of ether oxygens (including phenoxy) is 2. The van der Waals surface area contributed by atoms with Gasteiger partial charge in [0.2, 0.25) is 5.91 Å². The zero-order chi connectivity index (χ0) is 18.2. The highest BCUT2D eigenvalue weighted by molar-refractivity contribution is 7.14. The quantitative estimate of drug-likeness (QED) is 0.580. The number of Topliss-reactive ketones (excluding diaryl/α,β-unsaturated/α-hetero) is 1. The molecule has 0 saturated carbocycles. The van der Waals surface area contributed by atoms with Crippen LogP contribution in [0.4, 0.5) is 0 Å². The van der Waals surface area contributed by atoms with Crippen LogP contribution in [0.3, 0.4) is 0 Å². The van der Waals surface area contributed by atoms with Gasteiger partial charge in [0.1, 0.15) is 0 Å². The molecule has 0 aliphatic heterocycles. The summed E-state index contributed by atoms with van der Waals surface area (Å²) in [6, 6.07) is 9.19. The first-order valence-electron chi connectivity index (χ1n) is 7.81. The molecule has 2 aromatic rings. The van der Waals surface area contributed by atoms with E-state index < -0.39 is 0 Å². The van der Waals surface area contributed by atoms with E-state index in [9.17, 15) is 9.59 Å². The number of rotatable bonds is 8. The second kappa shape index (κ2) is 9.03. The van der Waals surface area contributed by atoms with Gasteiger partial charge in [-0.2, -0.15) is 0 Å². The Morgan fingerprint density at radius 3 is 2.52 bits per heavy atom. The van der Waals surface area contributed by atoms with Gasteiger partial charge in [0.15, 0.2) is 17.3 Å². The van der Waals surface area contributed by atoms with Gasteiger partial charge in [-0.3, -0.25) is 9.59 Å². The third-order valence-corrected chi connectivity index (χ3v) is 4.76. The molecule has 0 fully saturated rings. The molecule has 1 heterocycles. The minimum absolute atomic E-state index is 0.0677. The molecule has 25 heavy (non-hydrogen) atoms. The molecule has 0 atom stereocenters. The van der Waals surface area contributed by atoms with Crippen LogP contribution in [0.25, 0.3) is 6.08 Å². The van der Waals surface area contributed by atoms with Crippen molar-refractivity contribution in [3.8, 4) is 11.5 Å². The van der Waals surface area contributed by atoms with E-state index in [1.54, 1.807) is 39.4 Å². The zero-order valence-corrected chi connectivity index (χ0v) is 15.3. The summed E-state index contributed by atoms with van der Waals surface area (Å²) in [5, 5.41) is 2.83. The standard InChI is InChI=1S/C19H21NO4S/c1-13(21)18-8-6-15(25-18)10-11-20-19(22)9-5-14-4-7-16(23-2)17(12-14)24-3/h4-9,12H,10-11H2,1-3H3,(H,20,22). The van der Waals surface area contributed by atoms with Gasteiger partial charge in [-0.25, -0.2) is 0 Å². The normalized spacial score (nSPS) is 10.7. The molecule has 1 aromatic carbocycles. The van der Waals surface area contributed by atoms with Crippen LogP contribution in [0.1, 0.15) is 27.0 Å². The van der Waals surface area contributed by atoms with Gasteiger partial charge in [0, 0.05) is 17.5 Å². The third kappa shape index (κ3) is 5.46. The number of carbonyl (C=O) groups is 2. The molecule has 1 N–H and O–H groups in total. The van der Waals surface area contributed by atoms with Gasteiger partial charge >= 0.3 is 0 Å². The second-order valence-electron chi connectivity index (χ2n) is 5.31. The van der Waals surface area contributed by atoms with Crippen LogP contribution in [0, 0.1) is 0 Å². The number of thiophene rings is 1. The van der Waals surface area contributed by atoms with E-state index in [0.717, 1.165) is 15.3 Å². The second-order valence-corrected chi connectivity index (χ2v) is 6.48. The maximum absolute atomic E-state index is 11.9. The minimum Gasteiger partial charge on any atom is -0.493 e. The first kappa shape index (κ1) is 18.7. The first-order valence-corrected chi connectivity index (χ1v) is 8.62. The molecule has 132 valence electrons. The summed E-state index contributed by atoms with van der Waals surface area (Å²) in [4.78, 5) is 25.0. The van der Waals surface area contributed by atoms with E-state index in [-0.39, 0.29) is 11.7 Å². The number of ketones is 1. The topological polar surface area (TPSA) is 64.6 Å². The lowest BCUT2D eigenvalue weighted by Gasteiger charge is -2.07. The van der Waals surface area contributed by atoms with Crippen molar-refractivity contribution in [3.05, 3.63) is 51.7 Å². The molecule has 2 rings (SSSR count). The molecule has 0 spiro atoms.